The van der Waals surface area contributed by atoms with Crippen LogP contribution in [0, 0.1) is 0 Å². The van der Waals surface area contributed by atoms with Crippen LogP contribution in [0.3, 0.4) is 0 Å². The second-order valence-electron chi connectivity index (χ2n) is 6.98. The monoisotopic (exact) mass is 388 g/mol. The number of benzene rings is 2. The zero-order valence-corrected chi connectivity index (χ0v) is 16.5. The van der Waals surface area contributed by atoms with E-state index >= 15 is 0 Å². The van der Waals surface area contributed by atoms with Crippen molar-refractivity contribution in [2.24, 2.45) is 0 Å². The van der Waals surface area contributed by atoms with Crippen molar-refractivity contribution in [1.82, 2.24) is 20.1 Å². The summed E-state index contributed by atoms with van der Waals surface area (Å²) in [6.45, 7) is 2.88. The van der Waals surface area contributed by atoms with Crippen LogP contribution in [0.1, 0.15) is 24.8 Å². The SMILES string of the molecule is CCc1nnc(-c2cn(CC(=O)NCCCc3ccccc3)c3ccccc23)o1. The molecule has 0 atom stereocenters. The van der Waals surface area contributed by atoms with Crippen molar-refractivity contribution >= 4 is 16.8 Å². The third kappa shape index (κ3) is 4.37. The number of aromatic nitrogens is 3. The molecule has 0 aliphatic heterocycles. The Morgan fingerprint density at radius 3 is 2.66 bits per heavy atom. The Morgan fingerprint density at radius 1 is 1.07 bits per heavy atom. The first kappa shape index (κ1) is 18.9. The summed E-state index contributed by atoms with van der Waals surface area (Å²) in [5, 5.41) is 12.2. The van der Waals surface area contributed by atoms with E-state index < -0.39 is 0 Å². The highest BCUT2D eigenvalue weighted by atomic mass is 16.4. The number of amides is 1. The molecule has 148 valence electrons. The van der Waals surface area contributed by atoms with E-state index in [1.807, 2.05) is 60.2 Å². The molecule has 29 heavy (non-hydrogen) atoms. The van der Waals surface area contributed by atoms with Crippen molar-refractivity contribution < 1.29 is 9.21 Å². The van der Waals surface area contributed by atoms with E-state index in [1.54, 1.807) is 0 Å². The van der Waals surface area contributed by atoms with Crippen LogP contribution in [0.25, 0.3) is 22.4 Å². The summed E-state index contributed by atoms with van der Waals surface area (Å²) in [4.78, 5) is 12.5. The molecule has 0 spiro atoms. The van der Waals surface area contributed by atoms with Crippen LogP contribution in [-0.4, -0.2) is 27.2 Å². The predicted octanol–water partition coefficient (Wildman–Crippen LogP) is 4.00. The first-order chi connectivity index (χ1) is 14.2. The number of carbonyl (C=O) groups excluding carboxylic acids is 1. The van der Waals surface area contributed by atoms with Crippen LogP contribution in [0.5, 0.6) is 0 Å². The Labute approximate surface area is 169 Å². The van der Waals surface area contributed by atoms with Gasteiger partial charge in [0, 0.05) is 30.1 Å². The number of rotatable bonds is 8. The van der Waals surface area contributed by atoms with Gasteiger partial charge in [-0.15, -0.1) is 10.2 Å². The zero-order chi connectivity index (χ0) is 20.1. The molecule has 0 saturated carbocycles. The summed E-state index contributed by atoms with van der Waals surface area (Å²) in [5.41, 5.74) is 3.11. The lowest BCUT2D eigenvalue weighted by Gasteiger charge is -2.07. The van der Waals surface area contributed by atoms with Gasteiger partial charge in [0.15, 0.2) is 0 Å². The Balaban J connectivity index is 1.43. The van der Waals surface area contributed by atoms with Gasteiger partial charge in [0.2, 0.25) is 17.7 Å². The van der Waals surface area contributed by atoms with Crippen molar-refractivity contribution in [1.29, 1.82) is 0 Å². The molecule has 4 rings (SSSR count). The molecule has 0 fully saturated rings. The molecule has 0 saturated heterocycles. The highest BCUT2D eigenvalue weighted by Crippen LogP contribution is 2.29. The van der Waals surface area contributed by atoms with Gasteiger partial charge >= 0.3 is 0 Å². The van der Waals surface area contributed by atoms with Gasteiger partial charge in [-0.2, -0.15) is 0 Å². The third-order valence-electron chi connectivity index (χ3n) is 4.91. The standard InChI is InChI=1S/C23H24N4O2/c1-2-22-25-26-23(29-22)19-15-27(20-13-7-6-12-18(19)20)16-21(28)24-14-8-11-17-9-4-3-5-10-17/h3-7,9-10,12-13,15H,2,8,11,14,16H2,1H3,(H,24,28). The maximum atomic E-state index is 12.5. The molecule has 0 aliphatic carbocycles. The van der Waals surface area contributed by atoms with E-state index in [0.717, 1.165) is 29.3 Å². The lowest BCUT2D eigenvalue weighted by molar-refractivity contribution is -0.121. The van der Waals surface area contributed by atoms with E-state index in [1.165, 1.54) is 5.56 Å². The summed E-state index contributed by atoms with van der Waals surface area (Å²) in [7, 11) is 0. The fraction of sp³-hybridized carbons (Fsp3) is 0.261. The van der Waals surface area contributed by atoms with Crippen molar-refractivity contribution in [3.63, 3.8) is 0 Å². The minimum atomic E-state index is -0.00913. The molecule has 0 aliphatic rings. The van der Waals surface area contributed by atoms with Crippen LogP contribution in [0.15, 0.2) is 65.2 Å². The summed E-state index contributed by atoms with van der Waals surface area (Å²) in [6, 6.07) is 18.2. The van der Waals surface area contributed by atoms with Crippen molar-refractivity contribution in [2.75, 3.05) is 6.54 Å². The minimum Gasteiger partial charge on any atom is -0.421 e. The molecule has 2 aromatic carbocycles. The van der Waals surface area contributed by atoms with E-state index in [0.29, 0.717) is 24.7 Å². The number of para-hydroxylation sites is 1. The molecule has 4 aromatic rings. The molecule has 1 N–H and O–H groups in total. The lowest BCUT2D eigenvalue weighted by Crippen LogP contribution is -2.28. The van der Waals surface area contributed by atoms with Gasteiger partial charge in [0.05, 0.1) is 5.56 Å². The van der Waals surface area contributed by atoms with E-state index in [4.69, 9.17) is 4.42 Å². The van der Waals surface area contributed by atoms with Crippen LogP contribution < -0.4 is 5.32 Å². The van der Waals surface area contributed by atoms with Gasteiger partial charge in [-0.3, -0.25) is 4.79 Å². The summed E-state index contributed by atoms with van der Waals surface area (Å²) in [6.07, 6.45) is 4.47. The quantitative estimate of drug-likeness (QED) is 0.463. The number of carbonyl (C=O) groups is 1. The summed E-state index contributed by atoms with van der Waals surface area (Å²) >= 11 is 0. The number of hydrogen-bond donors (Lipinski definition) is 1. The van der Waals surface area contributed by atoms with Gasteiger partial charge in [-0.05, 0) is 24.5 Å². The molecule has 2 aromatic heterocycles. The maximum Gasteiger partial charge on any atom is 0.249 e. The highest BCUT2D eigenvalue weighted by molar-refractivity contribution is 5.94. The molecule has 6 heteroatoms. The molecule has 0 radical (unpaired) electrons. The lowest BCUT2D eigenvalue weighted by atomic mass is 10.1. The number of nitrogens with zero attached hydrogens (tertiary/aromatic N) is 3. The Bertz CT molecular complexity index is 1100. The number of fused-ring (bicyclic) bond motifs is 1. The number of hydrogen-bond acceptors (Lipinski definition) is 4. The topological polar surface area (TPSA) is 73.0 Å². The molecular formula is C23H24N4O2. The molecule has 0 unspecified atom stereocenters. The molecule has 1 amide bonds. The van der Waals surface area contributed by atoms with E-state index in [2.05, 4.69) is 27.6 Å². The Hall–Kier alpha value is -3.41. The van der Waals surface area contributed by atoms with Gasteiger partial charge in [-0.1, -0.05) is 55.5 Å². The summed E-state index contributed by atoms with van der Waals surface area (Å²) in [5.74, 6) is 1.08. The second-order valence-corrected chi connectivity index (χ2v) is 6.98. The van der Waals surface area contributed by atoms with Gasteiger partial charge in [0.25, 0.3) is 0 Å². The molecule has 2 heterocycles. The van der Waals surface area contributed by atoms with Crippen LogP contribution >= 0.6 is 0 Å². The molecule has 0 bridgehead atoms. The van der Waals surface area contributed by atoms with E-state index in [-0.39, 0.29) is 12.5 Å². The average molecular weight is 388 g/mol. The smallest absolute Gasteiger partial charge is 0.249 e. The predicted molar refractivity (Wildman–Crippen MR) is 112 cm³/mol. The maximum absolute atomic E-state index is 12.5. The van der Waals surface area contributed by atoms with Crippen LogP contribution in [0.2, 0.25) is 0 Å². The van der Waals surface area contributed by atoms with Gasteiger partial charge in [-0.25, -0.2) is 0 Å². The van der Waals surface area contributed by atoms with Gasteiger partial charge in [0.1, 0.15) is 6.54 Å². The van der Waals surface area contributed by atoms with Crippen molar-refractivity contribution in [2.45, 2.75) is 32.7 Å². The Morgan fingerprint density at radius 2 is 1.86 bits per heavy atom. The van der Waals surface area contributed by atoms with E-state index in [9.17, 15) is 4.79 Å². The average Bonchev–Trinajstić information content (AvgIpc) is 3.37. The fourth-order valence-corrected chi connectivity index (χ4v) is 3.43. The van der Waals surface area contributed by atoms with Crippen LogP contribution in [-0.2, 0) is 24.2 Å². The molecular weight excluding hydrogens is 364 g/mol. The third-order valence-corrected chi connectivity index (χ3v) is 4.91. The Kier molecular flexibility index (Phi) is 5.70. The number of aryl methyl sites for hydroxylation is 2. The first-order valence-corrected chi connectivity index (χ1v) is 9.96. The summed E-state index contributed by atoms with van der Waals surface area (Å²) < 4.78 is 7.67. The fourth-order valence-electron chi connectivity index (χ4n) is 3.43. The normalized spacial score (nSPS) is 11.1. The first-order valence-electron chi connectivity index (χ1n) is 9.96. The zero-order valence-electron chi connectivity index (χ0n) is 16.5. The molecule has 6 nitrogen and oxygen atoms in total. The number of nitrogens with one attached hydrogen (secondary N) is 1. The van der Waals surface area contributed by atoms with Crippen molar-refractivity contribution in [3.05, 3.63) is 72.2 Å². The van der Waals surface area contributed by atoms with Crippen molar-refractivity contribution in [3.8, 4) is 11.5 Å². The minimum absolute atomic E-state index is 0.00913. The highest BCUT2D eigenvalue weighted by Gasteiger charge is 2.16. The largest absolute Gasteiger partial charge is 0.421 e. The van der Waals surface area contributed by atoms with Crippen LogP contribution in [0.4, 0.5) is 0 Å². The second kappa shape index (κ2) is 8.73. The van der Waals surface area contributed by atoms with Gasteiger partial charge < -0.3 is 14.3 Å².